The van der Waals surface area contributed by atoms with Crippen LogP contribution in [0.1, 0.15) is 214 Å². The summed E-state index contributed by atoms with van der Waals surface area (Å²) in [5.74, 6) is 0. The maximum atomic E-state index is 12.2. The second-order valence-corrected chi connectivity index (χ2v) is 39.1. The van der Waals surface area contributed by atoms with Crippen molar-refractivity contribution in [2.24, 2.45) is 0 Å². The Morgan fingerprint density at radius 2 is 0.530 bits per heavy atom. The van der Waals surface area contributed by atoms with Crippen LogP contribution in [0.3, 0.4) is 0 Å². The van der Waals surface area contributed by atoms with Gasteiger partial charge in [0.15, 0.2) is 0 Å². The van der Waals surface area contributed by atoms with Crippen LogP contribution in [0.15, 0.2) is 291 Å². The van der Waals surface area contributed by atoms with E-state index in [-0.39, 0.29) is 55.2 Å². The fourth-order valence-electron chi connectivity index (χ4n) is 16.9. The lowest BCUT2D eigenvalue weighted by Gasteiger charge is -2.46. The summed E-state index contributed by atoms with van der Waals surface area (Å²) in [5, 5.41) is -1.42. The smallest absolute Gasteiger partial charge is 0.252 e. The van der Waals surface area contributed by atoms with E-state index in [9.17, 15) is 30.2 Å². The first kappa shape index (κ1) is 55.0. The lowest BCUT2D eigenvalue weighted by Crippen LogP contribution is -2.61. The van der Waals surface area contributed by atoms with Gasteiger partial charge < -0.3 is 18.9 Å². The number of para-hydroxylation sites is 4. The SMILES string of the molecule is [2H]c1c([2H])c(-n2c3c([2H])c([2H])c([2H])c([2H])c3c3c([2H])c([2H])c([2H])c([2H])c32)c([2H])c2c1B1c3c(cc(-c4ccc(C(C)(C)C)cc4)cc3N(c3c(-c4cccc(C(C)(C)C)c4)cc(C(C)(C)C)cc3-c3cccc(C(C)(C)C)c3)c3c([2H])c(-n4c5c([2H])c([2H])c([2H])c([2H])c5c5c([2H])c([2H])c([2H])c([2H])c54)c([2H])c([2H])c31)N2c1c(-c2cccc(C(C)(C)C)c2)cc(C(C)(C)C)cc1-c1cccc(C(C)(C)C)c1. The zero-order valence-corrected chi connectivity index (χ0v) is 70.9. The molecule has 4 nitrogen and oxygen atoms in total. The molecule has 0 spiro atoms. The van der Waals surface area contributed by atoms with Gasteiger partial charge in [-0.3, -0.25) is 0 Å². The van der Waals surface area contributed by atoms with E-state index >= 15 is 0 Å². The molecule has 0 radical (unpaired) electrons. The van der Waals surface area contributed by atoms with Crippen LogP contribution in [0.25, 0.3) is 111 Å². The van der Waals surface area contributed by atoms with Crippen molar-refractivity contribution < 1.29 is 30.2 Å². The average Bonchev–Trinajstić information content (AvgIpc) is 1.52. The van der Waals surface area contributed by atoms with Crippen LogP contribution in [-0.4, -0.2) is 15.8 Å². The first-order valence-electron chi connectivity index (χ1n) is 51.6. The summed E-state index contributed by atoms with van der Waals surface area (Å²) in [4.78, 5) is 3.91. The lowest BCUT2D eigenvalue weighted by atomic mass is 9.33. The minimum absolute atomic E-state index is 0.164. The van der Waals surface area contributed by atoms with Crippen molar-refractivity contribution in [3.05, 3.63) is 330 Å². The molecule has 5 heteroatoms. The number of anilines is 6. The molecule has 16 aromatic rings. The summed E-state index contributed by atoms with van der Waals surface area (Å²) in [6.07, 6.45) is 0. The van der Waals surface area contributed by atoms with Crippen LogP contribution in [0.5, 0.6) is 0 Å². The van der Waals surface area contributed by atoms with Gasteiger partial charge in [0.2, 0.25) is 0 Å². The van der Waals surface area contributed by atoms with E-state index in [4.69, 9.17) is 0 Å². The molecule has 0 unspecified atom stereocenters. The van der Waals surface area contributed by atoms with Gasteiger partial charge in [-0.25, -0.2) is 0 Å². The first-order valence-corrected chi connectivity index (χ1v) is 40.6. The van der Waals surface area contributed by atoms with Crippen molar-refractivity contribution in [3.8, 4) is 67.0 Å². The van der Waals surface area contributed by atoms with Gasteiger partial charge in [0.1, 0.15) is 0 Å². The van der Waals surface area contributed by atoms with E-state index in [1.807, 2.05) is 82.6 Å². The molecule has 2 aliphatic heterocycles. The van der Waals surface area contributed by atoms with Gasteiger partial charge in [-0.2, -0.15) is 0 Å². The van der Waals surface area contributed by atoms with E-state index in [2.05, 4.69) is 230 Å². The van der Waals surface area contributed by atoms with Crippen LogP contribution < -0.4 is 26.2 Å². The van der Waals surface area contributed by atoms with E-state index in [0.29, 0.717) is 72.5 Å². The normalized spacial score (nSPS) is 16.1. The first-order chi connectivity index (χ1) is 64.6. The molecule has 18 rings (SSSR count). The van der Waals surface area contributed by atoms with Gasteiger partial charge in [-0.1, -0.05) is 351 Å². The van der Waals surface area contributed by atoms with Crippen molar-refractivity contribution in [1.29, 1.82) is 0 Å². The second kappa shape index (κ2) is 27.5. The van der Waals surface area contributed by atoms with E-state index in [0.717, 1.165) is 48.1 Å². The molecule has 4 heterocycles. The highest BCUT2D eigenvalue weighted by atomic mass is 15.2. The zero-order chi connectivity index (χ0) is 101. The number of hydrogen-bond acceptors (Lipinski definition) is 2. The average molecular weight is 1550 g/mol. The molecule has 0 fully saturated rings. The lowest BCUT2D eigenvalue weighted by molar-refractivity contribution is 0.589. The summed E-state index contributed by atoms with van der Waals surface area (Å²) < 4.78 is 228. The predicted molar refractivity (Wildman–Crippen MR) is 507 cm³/mol. The number of aromatic nitrogens is 2. The highest BCUT2D eigenvalue weighted by Gasteiger charge is 2.47. The molecule has 0 saturated carbocycles. The molecule has 2 aliphatic rings. The molecule has 0 atom stereocenters. The van der Waals surface area contributed by atoms with Gasteiger partial charge in [-0.05, 0) is 211 Å². The molecule has 2 aromatic heterocycles. The van der Waals surface area contributed by atoms with Crippen molar-refractivity contribution in [1.82, 2.24) is 9.13 Å². The monoisotopic (exact) mass is 1550 g/mol. The molecule has 582 valence electrons. The Hall–Kier alpha value is -11.7. The topological polar surface area (TPSA) is 16.3 Å². The van der Waals surface area contributed by atoms with Crippen molar-refractivity contribution >= 4 is 101 Å². The maximum Gasteiger partial charge on any atom is 0.252 e. The van der Waals surface area contributed by atoms with Crippen LogP contribution in [0, 0.1) is 0 Å². The third-order valence-electron chi connectivity index (χ3n) is 23.7. The van der Waals surface area contributed by atoms with Crippen LogP contribution >= 0.6 is 0 Å². The summed E-state index contributed by atoms with van der Waals surface area (Å²) in [5.41, 5.74) is 7.40. The Morgan fingerprint density at radius 3 is 0.812 bits per heavy atom. The summed E-state index contributed by atoms with van der Waals surface area (Å²) in [6, 6.07) is 38.0. The zero-order valence-electron chi connectivity index (χ0n) is 92.9. The molecule has 0 bridgehead atoms. The van der Waals surface area contributed by atoms with Gasteiger partial charge >= 0.3 is 0 Å². The molecule has 0 saturated heterocycles. The number of rotatable bonds is 9. The van der Waals surface area contributed by atoms with E-state index < -0.39 is 211 Å². The molecule has 117 heavy (non-hydrogen) atoms. The van der Waals surface area contributed by atoms with Crippen LogP contribution in [0.2, 0.25) is 0 Å². The fraction of sp³-hybridized carbons (Fsp3) is 0.250. The van der Waals surface area contributed by atoms with Crippen LogP contribution in [0.4, 0.5) is 34.1 Å². The molecular weight excluding hydrogens is 1410 g/mol. The van der Waals surface area contributed by atoms with Crippen LogP contribution in [-0.2, 0) is 37.9 Å². The third-order valence-corrected chi connectivity index (χ3v) is 23.7. The van der Waals surface area contributed by atoms with Gasteiger partial charge in [-0.15, -0.1) is 0 Å². The fourth-order valence-corrected chi connectivity index (χ4v) is 16.9. The van der Waals surface area contributed by atoms with E-state index in [1.54, 1.807) is 0 Å². The van der Waals surface area contributed by atoms with Gasteiger partial charge in [0, 0.05) is 77.9 Å². The molecule has 0 N–H and O–H groups in total. The largest absolute Gasteiger partial charge is 0.310 e. The molecule has 0 amide bonds. The minimum atomic E-state index is -1.71. The maximum absolute atomic E-state index is 12.2. The highest BCUT2D eigenvalue weighted by molar-refractivity contribution is 7.00. The molecule has 0 aliphatic carbocycles. The van der Waals surface area contributed by atoms with Gasteiger partial charge in [0.05, 0.1) is 63.6 Å². The quantitative estimate of drug-likeness (QED) is 0.134. The Balaban J connectivity index is 1.18. The Bertz CT molecular complexity index is 7330. The van der Waals surface area contributed by atoms with Crippen molar-refractivity contribution in [2.75, 3.05) is 9.80 Å². The minimum Gasteiger partial charge on any atom is -0.310 e. The Morgan fingerprint density at radius 1 is 0.248 bits per heavy atom. The van der Waals surface area contributed by atoms with Crippen molar-refractivity contribution in [2.45, 2.75) is 183 Å². The Kier molecular flexibility index (Phi) is 12.9. The third kappa shape index (κ3) is 13.3. The predicted octanol–water partition coefficient (Wildman–Crippen LogP) is 29.4. The number of benzene rings is 14. The second-order valence-electron chi connectivity index (χ2n) is 39.1. The summed E-state index contributed by atoms with van der Waals surface area (Å²) >= 11 is 0. The highest BCUT2D eigenvalue weighted by Crippen LogP contribution is 2.57. The van der Waals surface area contributed by atoms with Gasteiger partial charge in [0.25, 0.3) is 6.71 Å². The molecular formula is C112H111BN4. The number of nitrogens with zero attached hydrogens (tertiary/aromatic N) is 4. The Labute approximate surface area is 726 Å². The number of fused-ring (bicyclic) bond motifs is 10. The summed E-state index contributed by atoms with van der Waals surface area (Å²) in [6.45, 7) is 43.0. The summed E-state index contributed by atoms with van der Waals surface area (Å²) in [7, 11) is 0. The molecule has 14 aromatic carbocycles. The van der Waals surface area contributed by atoms with E-state index in [1.165, 1.54) is 0 Å². The van der Waals surface area contributed by atoms with Crippen molar-refractivity contribution in [3.63, 3.8) is 0 Å². The standard InChI is InChI=1S/C112H111BN4/c1-106(2,3)76-52-50-70(51-53-76)75-62-101-103-102(63-75)117(105-91(73-36-32-40-79(60-73)109(10,11)12)66-82(112(19,20)21)67-92(105)74-37-33-41-80(61-74)110(13,14)15)100-69-84(115-97-48-28-24-44-87(97)88-45-25-29-49-98(88)115)55-57-94(100)113(103)93-56-54-83(114-95-46-26-22-42-85(95)86-43-23-27-47-96(86)114)68-99(93)116(101)104-89(71-34-30-38-77(58-71)107(4,5)6)64-81(111(16,17)18)65-90(104)72-35-31-39-78(59-72)108(7,8)9/h22-69H,1-21H3/i22D,23D,24D,25D,26D,27D,28D,29D,42D,43D,44D,45D,46D,47D,48D,49D,54D,55D,56D,57D,68D,69D. The number of hydrogen-bond donors (Lipinski definition) is 0.